The standard InChI is InChI=1S/C20H42N2/c1-5-7-9-11-13-20(3,14-12-10-8-6-2)19-22-17-15-21(4)16-18-22/h5-19H2,1-4H3. The van der Waals surface area contributed by atoms with Crippen LogP contribution in [0.15, 0.2) is 0 Å². The minimum atomic E-state index is 0.553. The normalized spacial score (nSPS) is 18.0. The smallest absolute Gasteiger partial charge is 0.0110 e. The zero-order valence-electron chi connectivity index (χ0n) is 16.0. The molecule has 0 aromatic heterocycles. The Morgan fingerprint density at radius 3 is 1.68 bits per heavy atom. The maximum absolute atomic E-state index is 2.74. The molecule has 0 amide bonds. The van der Waals surface area contributed by atoms with Crippen LogP contribution < -0.4 is 0 Å². The molecule has 0 spiro atoms. The molecule has 0 aliphatic carbocycles. The van der Waals surface area contributed by atoms with E-state index < -0.39 is 0 Å². The van der Waals surface area contributed by atoms with Crippen LogP contribution in [0, 0.1) is 5.41 Å². The van der Waals surface area contributed by atoms with E-state index in [1.54, 1.807) is 0 Å². The zero-order chi connectivity index (χ0) is 16.3. The lowest BCUT2D eigenvalue weighted by molar-refractivity contribution is 0.0902. The summed E-state index contributed by atoms with van der Waals surface area (Å²) in [5, 5.41) is 0. The zero-order valence-corrected chi connectivity index (χ0v) is 16.0. The lowest BCUT2D eigenvalue weighted by Gasteiger charge is -2.40. The van der Waals surface area contributed by atoms with Crippen molar-refractivity contribution in [3.63, 3.8) is 0 Å². The molecule has 0 aromatic carbocycles. The van der Waals surface area contributed by atoms with Crippen molar-refractivity contribution in [2.24, 2.45) is 5.41 Å². The van der Waals surface area contributed by atoms with Gasteiger partial charge >= 0.3 is 0 Å². The molecule has 0 atom stereocenters. The van der Waals surface area contributed by atoms with Gasteiger partial charge in [0, 0.05) is 32.7 Å². The van der Waals surface area contributed by atoms with Crippen LogP contribution in [0.3, 0.4) is 0 Å². The number of nitrogens with zero attached hydrogens (tertiary/aromatic N) is 2. The first-order chi connectivity index (χ1) is 10.6. The van der Waals surface area contributed by atoms with Gasteiger partial charge in [0.15, 0.2) is 0 Å². The van der Waals surface area contributed by atoms with Crippen LogP contribution >= 0.6 is 0 Å². The van der Waals surface area contributed by atoms with Crippen molar-refractivity contribution in [3.8, 4) is 0 Å². The SMILES string of the molecule is CCCCCCC(C)(CCCCCC)CN1CCN(C)CC1. The summed E-state index contributed by atoms with van der Waals surface area (Å²) in [5.41, 5.74) is 0.553. The first-order valence-electron chi connectivity index (χ1n) is 10.0. The van der Waals surface area contributed by atoms with E-state index >= 15 is 0 Å². The summed E-state index contributed by atoms with van der Waals surface area (Å²) >= 11 is 0. The van der Waals surface area contributed by atoms with Gasteiger partial charge in [-0.3, -0.25) is 0 Å². The van der Waals surface area contributed by atoms with E-state index in [4.69, 9.17) is 0 Å². The maximum Gasteiger partial charge on any atom is 0.0110 e. The summed E-state index contributed by atoms with van der Waals surface area (Å²) in [6, 6.07) is 0. The fourth-order valence-electron chi connectivity index (χ4n) is 3.79. The fourth-order valence-corrected chi connectivity index (χ4v) is 3.79. The molecular weight excluding hydrogens is 268 g/mol. The van der Waals surface area contributed by atoms with Crippen LogP contribution in [0.1, 0.15) is 85.0 Å². The molecule has 22 heavy (non-hydrogen) atoms. The van der Waals surface area contributed by atoms with E-state index in [2.05, 4.69) is 37.6 Å². The fraction of sp³-hybridized carbons (Fsp3) is 1.00. The molecule has 0 radical (unpaired) electrons. The van der Waals surface area contributed by atoms with E-state index in [9.17, 15) is 0 Å². The van der Waals surface area contributed by atoms with Gasteiger partial charge in [-0.2, -0.15) is 0 Å². The molecule has 0 saturated carbocycles. The summed E-state index contributed by atoms with van der Waals surface area (Å²) in [7, 11) is 2.26. The maximum atomic E-state index is 2.74. The van der Waals surface area contributed by atoms with E-state index in [1.807, 2.05) is 0 Å². The average Bonchev–Trinajstić information content (AvgIpc) is 2.51. The van der Waals surface area contributed by atoms with Gasteiger partial charge in [-0.1, -0.05) is 72.1 Å². The second-order valence-electron chi connectivity index (χ2n) is 8.01. The summed E-state index contributed by atoms with van der Waals surface area (Å²) in [4.78, 5) is 5.20. The highest BCUT2D eigenvalue weighted by Gasteiger charge is 2.27. The average molecular weight is 311 g/mol. The van der Waals surface area contributed by atoms with Gasteiger partial charge in [-0.25, -0.2) is 0 Å². The minimum absolute atomic E-state index is 0.553. The molecule has 1 aliphatic rings. The molecule has 1 aliphatic heterocycles. The van der Waals surface area contributed by atoms with E-state index in [0.717, 1.165) is 0 Å². The molecule has 0 aromatic rings. The Morgan fingerprint density at radius 2 is 1.23 bits per heavy atom. The van der Waals surface area contributed by atoms with Crippen molar-refractivity contribution < 1.29 is 0 Å². The number of unbranched alkanes of at least 4 members (excludes halogenated alkanes) is 6. The Kier molecular flexibility index (Phi) is 10.4. The summed E-state index contributed by atoms with van der Waals surface area (Å²) in [6.07, 6.45) is 14.2. The molecule has 1 rings (SSSR count). The van der Waals surface area contributed by atoms with Crippen LogP contribution in [0.5, 0.6) is 0 Å². The number of hydrogen-bond donors (Lipinski definition) is 0. The van der Waals surface area contributed by atoms with Gasteiger partial charge < -0.3 is 9.80 Å². The lowest BCUT2D eigenvalue weighted by Crippen LogP contribution is -2.48. The lowest BCUT2D eigenvalue weighted by atomic mass is 9.79. The predicted octanol–water partition coefficient (Wildman–Crippen LogP) is 5.18. The number of piperazine rings is 1. The third-order valence-corrected chi connectivity index (χ3v) is 5.47. The summed E-state index contributed by atoms with van der Waals surface area (Å²) in [6.45, 7) is 13.6. The summed E-state index contributed by atoms with van der Waals surface area (Å²) < 4.78 is 0. The van der Waals surface area contributed by atoms with Gasteiger partial charge in [0.25, 0.3) is 0 Å². The highest BCUT2D eigenvalue weighted by molar-refractivity contribution is 4.81. The van der Waals surface area contributed by atoms with Crippen LogP contribution in [-0.2, 0) is 0 Å². The van der Waals surface area contributed by atoms with E-state index in [0.29, 0.717) is 5.41 Å². The van der Waals surface area contributed by atoms with Crippen molar-refractivity contribution >= 4 is 0 Å². The van der Waals surface area contributed by atoms with Crippen molar-refractivity contribution in [3.05, 3.63) is 0 Å². The molecular formula is C20H42N2. The second-order valence-corrected chi connectivity index (χ2v) is 8.01. The molecule has 2 nitrogen and oxygen atoms in total. The molecule has 2 heteroatoms. The van der Waals surface area contributed by atoms with Gasteiger partial charge in [-0.05, 0) is 25.3 Å². The van der Waals surface area contributed by atoms with Crippen molar-refractivity contribution in [1.29, 1.82) is 0 Å². The largest absolute Gasteiger partial charge is 0.304 e. The Morgan fingerprint density at radius 1 is 0.727 bits per heavy atom. The monoisotopic (exact) mass is 310 g/mol. The van der Waals surface area contributed by atoms with Gasteiger partial charge in [0.1, 0.15) is 0 Å². The summed E-state index contributed by atoms with van der Waals surface area (Å²) in [5.74, 6) is 0. The second kappa shape index (κ2) is 11.5. The number of likely N-dealkylation sites (N-methyl/N-ethyl adjacent to an activating group) is 1. The third-order valence-electron chi connectivity index (χ3n) is 5.47. The molecule has 1 saturated heterocycles. The molecule has 0 bridgehead atoms. The third kappa shape index (κ3) is 8.53. The highest BCUT2D eigenvalue weighted by Crippen LogP contribution is 2.32. The number of hydrogen-bond acceptors (Lipinski definition) is 2. The Bertz CT molecular complexity index is 244. The quantitative estimate of drug-likeness (QED) is 0.458. The molecule has 1 fully saturated rings. The van der Waals surface area contributed by atoms with Gasteiger partial charge in [0.05, 0.1) is 0 Å². The van der Waals surface area contributed by atoms with Crippen LogP contribution in [0.2, 0.25) is 0 Å². The molecule has 0 N–H and O–H groups in total. The molecule has 0 unspecified atom stereocenters. The molecule has 1 heterocycles. The van der Waals surface area contributed by atoms with Crippen LogP contribution in [-0.4, -0.2) is 49.6 Å². The van der Waals surface area contributed by atoms with Crippen molar-refractivity contribution in [2.45, 2.75) is 85.0 Å². The van der Waals surface area contributed by atoms with Crippen LogP contribution in [0.25, 0.3) is 0 Å². The molecule has 132 valence electrons. The van der Waals surface area contributed by atoms with E-state index in [1.165, 1.54) is 96.9 Å². The highest BCUT2D eigenvalue weighted by atomic mass is 15.2. The van der Waals surface area contributed by atoms with Gasteiger partial charge in [0.2, 0.25) is 0 Å². The topological polar surface area (TPSA) is 6.48 Å². The Labute approximate surface area is 140 Å². The first kappa shape index (κ1) is 20.0. The minimum Gasteiger partial charge on any atom is -0.304 e. The Hall–Kier alpha value is -0.0800. The first-order valence-corrected chi connectivity index (χ1v) is 10.0. The van der Waals surface area contributed by atoms with Crippen molar-refractivity contribution in [1.82, 2.24) is 9.80 Å². The van der Waals surface area contributed by atoms with Crippen molar-refractivity contribution in [2.75, 3.05) is 39.8 Å². The predicted molar refractivity (Wildman–Crippen MR) is 99.6 cm³/mol. The van der Waals surface area contributed by atoms with Gasteiger partial charge in [-0.15, -0.1) is 0 Å². The number of rotatable bonds is 12. The van der Waals surface area contributed by atoms with E-state index in [-0.39, 0.29) is 0 Å². The van der Waals surface area contributed by atoms with Crippen LogP contribution in [0.4, 0.5) is 0 Å². The Balaban J connectivity index is 2.40.